The molecule has 25 heavy (non-hydrogen) atoms. The number of aryl methyl sites for hydroxylation is 1. The van der Waals surface area contributed by atoms with Gasteiger partial charge in [0.05, 0.1) is 19.6 Å². The summed E-state index contributed by atoms with van der Waals surface area (Å²) in [6.07, 6.45) is 0.423. The van der Waals surface area contributed by atoms with Gasteiger partial charge in [0.15, 0.2) is 0 Å². The van der Waals surface area contributed by atoms with Crippen LogP contribution < -0.4 is 5.32 Å². The highest BCUT2D eigenvalue weighted by molar-refractivity contribution is 5.85. The van der Waals surface area contributed by atoms with Crippen LogP contribution in [0.3, 0.4) is 0 Å². The summed E-state index contributed by atoms with van der Waals surface area (Å²) >= 11 is 0. The van der Waals surface area contributed by atoms with Gasteiger partial charge in [-0.25, -0.2) is 0 Å². The van der Waals surface area contributed by atoms with Crippen LogP contribution in [0.2, 0.25) is 0 Å². The van der Waals surface area contributed by atoms with E-state index >= 15 is 0 Å². The van der Waals surface area contributed by atoms with Gasteiger partial charge in [-0.2, -0.15) is 0 Å². The number of morpholine rings is 1. The molecule has 138 valence electrons. The van der Waals surface area contributed by atoms with Gasteiger partial charge in [0, 0.05) is 32.7 Å². The maximum atomic E-state index is 12.4. The molecule has 7 heteroatoms. The number of piperazine rings is 1. The molecule has 0 aliphatic carbocycles. The van der Waals surface area contributed by atoms with Crippen molar-refractivity contribution in [1.82, 2.24) is 15.1 Å². The molecular weight excluding hydrogens is 342 g/mol. The first kappa shape index (κ1) is 19.7. The van der Waals surface area contributed by atoms with E-state index in [0.29, 0.717) is 52.4 Å². The average Bonchev–Trinajstić information content (AvgIpc) is 2.64. The number of benzene rings is 1. The Hall–Kier alpha value is -1.63. The minimum absolute atomic E-state index is 0. The van der Waals surface area contributed by atoms with Gasteiger partial charge in [-0.15, -0.1) is 12.4 Å². The zero-order valence-corrected chi connectivity index (χ0v) is 15.4. The third-order valence-electron chi connectivity index (χ3n) is 4.64. The lowest BCUT2D eigenvalue weighted by Crippen LogP contribution is -2.57. The van der Waals surface area contributed by atoms with Crippen molar-refractivity contribution < 1.29 is 14.3 Å². The molecule has 2 amide bonds. The number of rotatable bonds is 3. The summed E-state index contributed by atoms with van der Waals surface area (Å²) in [7, 11) is 0. The summed E-state index contributed by atoms with van der Waals surface area (Å²) in [5.74, 6) is 0.213. The molecule has 0 aromatic heterocycles. The second-order valence-electron chi connectivity index (χ2n) is 6.45. The summed E-state index contributed by atoms with van der Waals surface area (Å²) in [6.45, 7) is 6.23. The maximum Gasteiger partial charge on any atom is 0.242 e. The Morgan fingerprint density at radius 3 is 2.36 bits per heavy atom. The number of amides is 2. The number of nitrogens with one attached hydrogen (secondary N) is 1. The van der Waals surface area contributed by atoms with Crippen LogP contribution in [0.1, 0.15) is 11.1 Å². The molecule has 3 rings (SSSR count). The lowest BCUT2D eigenvalue weighted by molar-refractivity contribution is -0.142. The second kappa shape index (κ2) is 9.17. The molecule has 2 aliphatic rings. The zero-order chi connectivity index (χ0) is 16.9. The van der Waals surface area contributed by atoms with Crippen molar-refractivity contribution in [2.24, 2.45) is 0 Å². The monoisotopic (exact) mass is 367 g/mol. The molecule has 2 heterocycles. The van der Waals surface area contributed by atoms with Gasteiger partial charge in [-0.3, -0.25) is 9.59 Å². The number of carbonyl (C=O) groups is 2. The molecule has 0 spiro atoms. The third-order valence-corrected chi connectivity index (χ3v) is 4.64. The Labute approximate surface area is 154 Å². The van der Waals surface area contributed by atoms with Crippen LogP contribution in [-0.2, 0) is 20.7 Å². The highest BCUT2D eigenvalue weighted by Crippen LogP contribution is 2.10. The van der Waals surface area contributed by atoms with Crippen LogP contribution in [0.4, 0.5) is 0 Å². The number of hydrogen-bond acceptors (Lipinski definition) is 4. The molecule has 0 radical (unpaired) electrons. The van der Waals surface area contributed by atoms with Crippen LogP contribution in [-0.4, -0.2) is 73.6 Å². The van der Waals surface area contributed by atoms with E-state index < -0.39 is 0 Å². The van der Waals surface area contributed by atoms with Gasteiger partial charge >= 0.3 is 0 Å². The SMILES string of the molecule is Cc1ccc(CC(=O)N2CCN(C(=O)C3COCCN3)CC2)cc1.Cl. The fourth-order valence-corrected chi connectivity index (χ4v) is 3.11. The smallest absolute Gasteiger partial charge is 0.242 e. The molecule has 2 saturated heterocycles. The molecule has 1 atom stereocenters. The molecule has 1 aromatic carbocycles. The summed E-state index contributed by atoms with van der Waals surface area (Å²) in [5, 5.41) is 3.19. The van der Waals surface area contributed by atoms with Crippen molar-refractivity contribution in [3.8, 4) is 0 Å². The second-order valence-corrected chi connectivity index (χ2v) is 6.45. The van der Waals surface area contributed by atoms with Crippen molar-refractivity contribution in [1.29, 1.82) is 0 Å². The zero-order valence-electron chi connectivity index (χ0n) is 14.6. The van der Waals surface area contributed by atoms with Crippen LogP contribution in [0, 0.1) is 6.92 Å². The normalized spacial score (nSPS) is 20.8. The third kappa shape index (κ3) is 5.17. The predicted octanol–water partition coefficient (Wildman–Crippen LogP) is 0.619. The van der Waals surface area contributed by atoms with Crippen LogP contribution in [0.5, 0.6) is 0 Å². The van der Waals surface area contributed by atoms with Gasteiger partial charge < -0.3 is 19.9 Å². The topological polar surface area (TPSA) is 61.9 Å². The van der Waals surface area contributed by atoms with E-state index in [1.165, 1.54) is 5.56 Å². The van der Waals surface area contributed by atoms with Gasteiger partial charge in [0.1, 0.15) is 6.04 Å². The number of carbonyl (C=O) groups excluding carboxylic acids is 2. The molecule has 0 bridgehead atoms. The minimum atomic E-state index is -0.242. The average molecular weight is 368 g/mol. The Kier molecular flexibility index (Phi) is 7.23. The molecule has 1 N–H and O–H groups in total. The van der Waals surface area contributed by atoms with Crippen molar-refractivity contribution in [2.45, 2.75) is 19.4 Å². The van der Waals surface area contributed by atoms with Gasteiger partial charge in [-0.1, -0.05) is 29.8 Å². The van der Waals surface area contributed by atoms with Crippen molar-refractivity contribution in [3.63, 3.8) is 0 Å². The molecule has 1 aromatic rings. The molecule has 2 aliphatic heterocycles. The molecule has 0 saturated carbocycles. The fourth-order valence-electron chi connectivity index (χ4n) is 3.11. The lowest BCUT2D eigenvalue weighted by atomic mass is 10.1. The first-order valence-electron chi connectivity index (χ1n) is 8.57. The Balaban J connectivity index is 0.00000225. The quantitative estimate of drug-likeness (QED) is 0.850. The summed E-state index contributed by atoms with van der Waals surface area (Å²) < 4.78 is 5.35. The van der Waals surface area contributed by atoms with Gasteiger partial charge in [0.2, 0.25) is 11.8 Å². The summed E-state index contributed by atoms with van der Waals surface area (Å²) in [6, 6.07) is 7.81. The number of hydrogen-bond donors (Lipinski definition) is 1. The summed E-state index contributed by atoms with van der Waals surface area (Å²) in [4.78, 5) is 28.5. The number of halogens is 1. The highest BCUT2D eigenvalue weighted by Gasteiger charge is 2.29. The largest absolute Gasteiger partial charge is 0.378 e. The van der Waals surface area contributed by atoms with Crippen LogP contribution in [0.15, 0.2) is 24.3 Å². The van der Waals surface area contributed by atoms with Gasteiger partial charge in [-0.05, 0) is 12.5 Å². The van der Waals surface area contributed by atoms with E-state index in [2.05, 4.69) is 5.32 Å². The fraction of sp³-hybridized carbons (Fsp3) is 0.556. The van der Waals surface area contributed by atoms with Crippen LogP contribution >= 0.6 is 12.4 Å². The Morgan fingerprint density at radius 2 is 1.76 bits per heavy atom. The molecule has 1 unspecified atom stereocenters. The van der Waals surface area contributed by atoms with Gasteiger partial charge in [0.25, 0.3) is 0 Å². The summed E-state index contributed by atoms with van der Waals surface area (Å²) in [5.41, 5.74) is 2.23. The Bertz CT molecular complexity index is 580. The first-order chi connectivity index (χ1) is 11.6. The lowest BCUT2D eigenvalue weighted by Gasteiger charge is -2.37. The predicted molar refractivity (Wildman–Crippen MR) is 97.9 cm³/mol. The van der Waals surface area contributed by atoms with Crippen molar-refractivity contribution in [3.05, 3.63) is 35.4 Å². The van der Waals surface area contributed by atoms with E-state index in [1.807, 2.05) is 41.0 Å². The molecular formula is C18H26ClN3O3. The van der Waals surface area contributed by atoms with Crippen LogP contribution in [0.25, 0.3) is 0 Å². The van der Waals surface area contributed by atoms with E-state index in [9.17, 15) is 9.59 Å². The number of ether oxygens (including phenoxy) is 1. The molecule has 2 fully saturated rings. The first-order valence-corrected chi connectivity index (χ1v) is 8.57. The minimum Gasteiger partial charge on any atom is -0.378 e. The molecule has 6 nitrogen and oxygen atoms in total. The van der Waals surface area contributed by atoms with E-state index in [-0.39, 0.29) is 30.3 Å². The number of nitrogens with zero attached hydrogens (tertiary/aromatic N) is 2. The highest BCUT2D eigenvalue weighted by atomic mass is 35.5. The van der Waals surface area contributed by atoms with E-state index in [4.69, 9.17) is 4.74 Å². The standard InChI is InChI=1S/C18H25N3O3.ClH/c1-14-2-4-15(5-3-14)12-17(22)20-7-9-21(10-8-20)18(23)16-13-24-11-6-19-16;/h2-5,16,19H,6-13H2,1H3;1H. The van der Waals surface area contributed by atoms with E-state index in [1.54, 1.807) is 0 Å². The van der Waals surface area contributed by atoms with Crippen molar-refractivity contribution in [2.75, 3.05) is 45.9 Å². The maximum absolute atomic E-state index is 12.4. The van der Waals surface area contributed by atoms with Crippen molar-refractivity contribution >= 4 is 24.2 Å². The Morgan fingerprint density at radius 1 is 1.12 bits per heavy atom. The van der Waals surface area contributed by atoms with E-state index in [0.717, 1.165) is 5.56 Å².